The second-order valence-corrected chi connectivity index (χ2v) is 4.66. The first-order chi connectivity index (χ1) is 9.69. The van der Waals surface area contributed by atoms with Gasteiger partial charge in [-0.25, -0.2) is 9.37 Å². The number of nitrogens with one attached hydrogen (secondary N) is 1. The predicted molar refractivity (Wildman–Crippen MR) is 72.8 cm³/mol. The number of aromatic nitrogens is 3. The van der Waals surface area contributed by atoms with Crippen LogP contribution in [0.15, 0.2) is 40.9 Å². The fraction of sp³-hybridized carbons (Fsp3) is 0.154. The van der Waals surface area contributed by atoms with Gasteiger partial charge in [-0.15, -0.1) is 5.10 Å². The molecule has 5 nitrogen and oxygen atoms in total. The molecule has 20 heavy (non-hydrogen) atoms. The predicted octanol–water partition coefficient (Wildman–Crippen LogP) is 2.58. The van der Waals surface area contributed by atoms with Crippen molar-refractivity contribution in [3.8, 4) is 0 Å². The first-order valence-corrected chi connectivity index (χ1v) is 6.60. The van der Waals surface area contributed by atoms with Gasteiger partial charge in [-0.3, -0.25) is 9.89 Å². The maximum atomic E-state index is 12.7. The molecule has 1 aromatic carbocycles. The van der Waals surface area contributed by atoms with Crippen molar-refractivity contribution in [1.82, 2.24) is 15.2 Å². The normalized spacial score (nSPS) is 11.1. The van der Waals surface area contributed by atoms with Crippen molar-refractivity contribution in [1.29, 1.82) is 0 Å². The van der Waals surface area contributed by atoms with Gasteiger partial charge in [0.25, 0.3) is 0 Å². The summed E-state index contributed by atoms with van der Waals surface area (Å²) in [4.78, 5) is 15.9. The van der Waals surface area contributed by atoms with Gasteiger partial charge in [0.15, 0.2) is 11.6 Å². The SMILES string of the molecule is COCc1nc(S/C=C/C(=O)c2ccc(F)cc2)n[nH]1. The van der Waals surface area contributed by atoms with E-state index in [0.29, 0.717) is 23.2 Å². The number of H-pyrrole nitrogens is 1. The van der Waals surface area contributed by atoms with Crippen LogP contribution in [-0.2, 0) is 11.3 Å². The molecule has 0 atom stereocenters. The first-order valence-electron chi connectivity index (χ1n) is 5.72. The molecule has 2 rings (SSSR count). The molecule has 0 bridgehead atoms. The molecule has 0 saturated carbocycles. The fourth-order valence-corrected chi connectivity index (χ4v) is 1.97. The zero-order valence-corrected chi connectivity index (χ0v) is 11.5. The Morgan fingerprint density at radius 3 is 2.90 bits per heavy atom. The van der Waals surface area contributed by atoms with E-state index in [-0.39, 0.29) is 11.6 Å². The van der Waals surface area contributed by atoms with Crippen molar-refractivity contribution in [2.45, 2.75) is 11.8 Å². The molecule has 0 spiro atoms. The van der Waals surface area contributed by atoms with Crippen LogP contribution in [0, 0.1) is 5.82 Å². The zero-order valence-electron chi connectivity index (χ0n) is 10.7. The Kier molecular flexibility index (Phi) is 5.03. The highest BCUT2D eigenvalue weighted by molar-refractivity contribution is 8.02. The third-order valence-electron chi connectivity index (χ3n) is 2.31. The molecule has 1 aromatic heterocycles. The Balaban J connectivity index is 1.92. The lowest BCUT2D eigenvalue weighted by Crippen LogP contribution is -1.93. The molecule has 0 unspecified atom stereocenters. The minimum Gasteiger partial charge on any atom is -0.377 e. The average Bonchev–Trinajstić information content (AvgIpc) is 2.87. The maximum Gasteiger partial charge on any atom is 0.212 e. The number of allylic oxidation sites excluding steroid dienone is 1. The van der Waals surface area contributed by atoms with Crippen LogP contribution in [0.3, 0.4) is 0 Å². The van der Waals surface area contributed by atoms with Crippen LogP contribution >= 0.6 is 11.8 Å². The van der Waals surface area contributed by atoms with Crippen LogP contribution in [0.5, 0.6) is 0 Å². The average molecular weight is 293 g/mol. The third-order valence-corrected chi connectivity index (χ3v) is 2.98. The first kappa shape index (κ1) is 14.4. The van der Waals surface area contributed by atoms with Gasteiger partial charge in [0.1, 0.15) is 12.4 Å². The number of aromatic amines is 1. The maximum absolute atomic E-state index is 12.7. The van der Waals surface area contributed by atoms with Gasteiger partial charge in [0.05, 0.1) is 0 Å². The van der Waals surface area contributed by atoms with Gasteiger partial charge in [-0.2, -0.15) is 0 Å². The lowest BCUT2D eigenvalue weighted by Gasteiger charge is -1.94. The number of ether oxygens (including phenoxy) is 1. The van der Waals surface area contributed by atoms with Gasteiger partial charge in [-0.1, -0.05) is 11.8 Å². The largest absolute Gasteiger partial charge is 0.377 e. The van der Waals surface area contributed by atoms with Crippen LogP contribution in [0.2, 0.25) is 0 Å². The molecular weight excluding hydrogens is 281 g/mol. The van der Waals surface area contributed by atoms with E-state index in [4.69, 9.17) is 4.74 Å². The quantitative estimate of drug-likeness (QED) is 0.503. The van der Waals surface area contributed by atoms with E-state index in [1.165, 1.54) is 42.1 Å². The molecule has 0 radical (unpaired) electrons. The van der Waals surface area contributed by atoms with E-state index >= 15 is 0 Å². The molecule has 104 valence electrons. The Morgan fingerprint density at radius 1 is 1.45 bits per heavy atom. The van der Waals surface area contributed by atoms with Crippen molar-refractivity contribution in [2.75, 3.05) is 7.11 Å². The van der Waals surface area contributed by atoms with Gasteiger partial charge in [0, 0.05) is 12.7 Å². The monoisotopic (exact) mass is 293 g/mol. The highest BCUT2D eigenvalue weighted by Crippen LogP contribution is 2.14. The summed E-state index contributed by atoms with van der Waals surface area (Å²) >= 11 is 1.21. The summed E-state index contributed by atoms with van der Waals surface area (Å²) in [5.74, 6) is 0.0460. The Hall–Kier alpha value is -1.99. The zero-order chi connectivity index (χ0) is 14.4. The van der Waals surface area contributed by atoms with E-state index in [1.54, 1.807) is 12.5 Å². The number of methoxy groups -OCH3 is 1. The topological polar surface area (TPSA) is 67.9 Å². The molecule has 0 aliphatic rings. The minimum absolute atomic E-state index is 0.204. The highest BCUT2D eigenvalue weighted by Gasteiger charge is 2.03. The number of rotatable bonds is 6. The molecule has 0 amide bonds. The second-order valence-electron chi connectivity index (χ2n) is 3.79. The number of nitrogens with zero attached hydrogens (tertiary/aromatic N) is 2. The van der Waals surface area contributed by atoms with Gasteiger partial charge < -0.3 is 4.74 Å². The van der Waals surface area contributed by atoms with Gasteiger partial charge >= 0.3 is 0 Å². The Bertz CT molecular complexity index is 610. The summed E-state index contributed by atoms with van der Waals surface area (Å²) in [7, 11) is 1.57. The van der Waals surface area contributed by atoms with E-state index in [9.17, 15) is 9.18 Å². The number of carbonyl (C=O) groups is 1. The molecule has 7 heteroatoms. The van der Waals surface area contributed by atoms with Crippen molar-refractivity contribution < 1.29 is 13.9 Å². The second kappa shape index (κ2) is 6.97. The Labute approximate surface area is 119 Å². The van der Waals surface area contributed by atoms with Crippen molar-refractivity contribution >= 4 is 17.5 Å². The standard InChI is InChI=1S/C13H12FN3O2S/c1-19-8-12-15-13(17-16-12)20-7-6-11(18)9-2-4-10(14)5-3-9/h2-7H,8H2,1H3,(H,15,16,17)/b7-6+. The van der Waals surface area contributed by atoms with Crippen LogP contribution in [-0.4, -0.2) is 28.1 Å². The van der Waals surface area contributed by atoms with E-state index in [2.05, 4.69) is 15.2 Å². The van der Waals surface area contributed by atoms with E-state index in [0.717, 1.165) is 0 Å². The van der Waals surface area contributed by atoms with E-state index in [1.807, 2.05) is 0 Å². The number of halogens is 1. The Morgan fingerprint density at radius 2 is 2.20 bits per heavy atom. The summed E-state index contributed by atoms with van der Waals surface area (Å²) in [5, 5.41) is 8.75. The summed E-state index contributed by atoms with van der Waals surface area (Å²) in [5.41, 5.74) is 0.429. The smallest absolute Gasteiger partial charge is 0.212 e. The number of hydrogen-bond donors (Lipinski definition) is 1. The van der Waals surface area contributed by atoms with Crippen molar-refractivity contribution in [3.63, 3.8) is 0 Å². The van der Waals surface area contributed by atoms with Crippen LogP contribution < -0.4 is 0 Å². The molecule has 0 fully saturated rings. The molecule has 0 saturated heterocycles. The van der Waals surface area contributed by atoms with Crippen LogP contribution in [0.4, 0.5) is 4.39 Å². The van der Waals surface area contributed by atoms with Gasteiger partial charge in [0.2, 0.25) is 5.16 Å². The molecule has 0 aliphatic carbocycles. The third kappa shape index (κ3) is 4.01. The molecule has 1 heterocycles. The number of benzene rings is 1. The fourth-order valence-electron chi connectivity index (χ4n) is 1.40. The van der Waals surface area contributed by atoms with Crippen LogP contribution in [0.1, 0.15) is 16.2 Å². The summed E-state index contributed by atoms with van der Waals surface area (Å²) < 4.78 is 17.6. The molecular formula is C13H12FN3O2S. The lowest BCUT2D eigenvalue weighted by molar-refractivity contribution is 0.104. The van der Waals surface area contributed by atoms with Crippen molar-refractivity contribution in [2.24, 2.45) is 0 Å². The summed E-state index contributed by atoms with van der Waals surface area (Å²) in [6, 6.07) is 5.38. The summed E-state index contributed by atoms with van der Waals surface area (Å²) in [6.45, 7) is 0.353. The van der Waals surface area contributed by atoms with Crippen LogP contribution in [0.25, 0.3) is 0 Å². The number of hydrogen-bond acceptors (Lipinski definition) is 5. The molecule has 1 N–H and O–H groups in total. The number of ketones is 1. The van der Waals surface area contributed by atoms with Gasteiger partial charge in [-0.05, 0) is 35.7 Å². The number of thioether (sulfide) groups is 1. The number of carbonyl (C=O) groups excluding carboxylic acids is 1. The lowest BCUT2D eigenvalue weighted by atomic mass is 10.1. The highest BCUT2D eigenvalue weighted by atomic mass is 32.2. The van der Waals surface area contributed by atoms with E-state index < -0.39 is 0 Å². The molecule has 2 aromatic rings. The summed E-state index contributed by atoms with van der Waals surface area (Å²) in [6.07, 6.45) is 1.39. The van der Waals surface area contributed by atoms with Crippen molar-refractivity contribution in [3.05, 3.63) is 53.0 Å². The molecule has 0 aliphatic heterocycles. The minimum atomic E-state index is -0.369.